The molecule has 0 saturated carbocycles. The van der Waals surface area contributed by atoms with E-state index >= 15 is 0 Å². The van der Waals surface area contributed by atoms with E-state index in [0.29, 0.717) is 10.7 Å². The molecular formula is C20H20Cl2N3O2+. The number of piperazine rings is 1. The Labute approximate surface area is 168 Å². The van der Waals surface area contributed by atoms with Gasteiger partial charge in [-0.3, -0.25) is 9.59 Å². The highest BCUT2D eigenvalue weighted by Gasteiger charge is 2.46. The normalized spacial score (nSPS) is 21.2. The maximum absolute atomic E-state index is 12.9. The Morgan fingerprint density at radius 2 is 1.33 bits per heavy atom. The molecule has 2 aliphatic heterocycles. The molecule has 2 fully saturated rings. The summed E-state index contributed by atoms with van der Waals surface area (Å²) in [5.41, 5.74) is 1.73. The van der Waals surface area contributed by atoms with E-state index in [9.17, 15) is 9.59 Å². The van der Waals surface area contributed by atoms with E-state index in [4.69, 9.17) is 23.2 Å². The molecule has 1 atom stereocenters. The zero-order chi connectivity index (χ0) is 19.0. The number of hydrogen-bond acceptors (Lipinski definition) is 3. The smallest absolute Gasteiger partial charge is 0.292 e. The van der Waals surface area contributed by atoms with Crippen LogP contribution in [0, 0.1) is 0 Å². The molecule has 2 aromatic carbocycles. The van der Waals surface area contributed by atoms with Crippen LogP contribution in [0.25, 0.3) is 0 Å². The third-order valence-electron chi connectivity index (χ3n) is 5.32. The van der Waals surface area contributed by atoms with E-state index in [1.807, 2.05) is 24.3 Å². The number of imide groups is 1. The van der Waals surface area contributed by atoms with Gasteiger partial charge in [-0.05, 0) is 48.5 Å². The van der Waals surface area contributed by atoms with Crippen molar-refractivity contribution in [2.24, 2.45) is 0 Å². The summed E-state index contributed by atoms with van der Waals surface area (Å²) in [7, 11) is 0. The number of carbonyl (C=O) groups excluding carboxylic acids is 2. The van der Waals surface area contributed by atoms with Crippen molar-refractivity contribution in [1.82, 2.24) is 0 Å². The second kappa shape index (κ2) is 7.50. The van der Waals surface area contributed by atoms with Gasteiger partial charge in [0.15, 0.2) is 6.04 Å². The summed E-state index contributed by atoms with van der Waals surface area (Å²) in [6, 6.07) is 14.3. The highest BCUT2D eigenvalue weighted by atomic mass is 35.5. The van der Waals surface area contributed by atoms with Crippen LogP contribution in [0.3, 0.4) is 0 Å². The van der Waals surface area contributed by atoms with Crippen molar-refractivity contribution < 1.29 is 14.5 Å². The van der Waals surface area contributed by atoms with Crippen LogP contribution in [-0.4, -0.2) is 44.0 Å². The van der Waals surface area contributed by atoms with E-state index < -0.39 is 0 Å². The Balaban J connectivity index is 1.43. The predicted octanol–water partition coefficient (Wildman–Crippen LogP) is 2.03. The Morgan fingerprint density at radius 3 is 1.89 bits per heavy atom. The molecule has 0 bridgehead atoms. The molecule has 2 saturated heterocycles. The highest BCUT2D eigenvalue weighted by molar-refractivity contribution is 6.31. The minimum absolute atomic E-state index is 0.114. The lowest BCUT2D eigenvalue weighted by Crippen LogP contribution is -3.19. The molecule has 1 N–H and O–H groups in total. The van der Waals surface area contributed by atoms with Gasteiger partial charge in [-0.25, -0.2) is 4.90 Å². The first-order valence-corrected chi connectivity index (χ1v) is 9.76. The zero-order valence-corrected chi connectivity index (χ0v) is 16.2. The number of nitrogens with one attached hydrogen (secondary N) is 1. The number of quaternary nitrogens is 1. The Morgan fingerprint density at radius 1 is 0.815 bits per heavy atom. The summed E-state index contributed by atoms with van der Waals surface area (Å²) in [5.74, 6) is -0.253. The summed E-state index contributed by atoms with van der Waals surface area (Å²) in [4.78, 5) is 30.2. The van der Waals surface area contributed by atoms with Crippen molar-refractivity contribution in [1.29, 1.82) is 0 Å². The largest absolute Gasteiger partial charge is 0.360 e. The van der Waals surface area contributed by atoms with Crippen molar-refractivity contribution in [3.63, 3.8) is 0 Å². The molecule has 2 aliphatic rings. The third kappa shape index (κ3) is 3.68. The zero-order valence-electron chi connectivity index (χ0n) is 14.7. The topological polar surface area (TPSA) is 45.1 Å². The summed E-state index contributed by atoms with van der Waals surface area (Å²) >= 11 is 11.9. The molecule has 7 heteroatoms. The number of hydrogen-bond donors (Lipinski definition) is 1. The minimum Gasteiger partial charge on any atom is -0.360 e. The van der Waals surface area contributed by atoms with E-state index in [-0.39, 0.29) is 24.3 Å². The lowest BCUT2D eigenvalue weighted by Gasteiger charge is -2.35. The van der Waals surface area contributed by atoms with Gasteiger partial charge in [0.1, 0.15) is 0 Å². The van der Waals surface area contributed by atoms with Gasteiger partial charge in [0, 0.05) is 15.7 Å². The molecule has 27 heavy (non-hydrogen) atoms. The summed E-state index contributed by atoms with van der Waals surface area (Å²) in [5, 5.41) is 1.30. The second-order valence-electron chi connectivity index (χ2n) is 6.92. The summed E-state index contributed by atoms with van der Waals surface area (Å²) in [6.45, 7) is 3.33. The average Bonchev–Trinajstić information content (AvgIpc) is 2.98. The van der Waals surface area contributed by atoms with Gasteiger partial charge < -0.3 is 9.80 Å². The summed E-state index contributed by atoms with van der Waals surface area (Å²) < 4.78 is 0. The lowest BCUT2D eigenvalue weighted by molar-refractivity contribution is -0.915. The lowest BCUT2D eigenvalue weighted by atomic mass is 10.1. The second-order valence-corrected chi connectivity index (χ2v) is 7.80. The monoisotopic (exact) mass is 404 g/mol. The fourth-order valence-electron chi connectivity index (χ4n) is 3.86. The van der Waals surface area contributed by atoms with Crippen molar-refractivity contribution in [3.8, 4) is 0 Å². The molecule has 0 unspecified atom stereocenters. The van der Waals surface area contributed by atoms with Crippen LogP contribution >= 0.6 is 23.2 Å². The number of rotatable bonds is 3. The standard InChI is InChI=1S/C20H19Cl2N3O2/c21-14-1-5-16(6-2-14)23-9-11-24(12-10-23)18-13-19(26)25(20(18)27)17-7-3-15(22)4-8-17/h1-8,18H,9-13H2/p+1/t18-/m1/s1. The van der Waals surface area contributed by atoms with Crippen molar-refractivity contribution >= 4 is 46.4 Å². The fraction of sp³-hybridized carbons (Fsp3) is 0.300. The minimum atomic E-state index is -0.305. The Kier molecular flexibility index (Phi) is 5.08. The van der Waals surface area contributed by atoms with Crippen LogP contribution in [0.4, 0.5) is 11.4 Å². The molecule has 0 aliphatic carbocycles. The van der Waals surface area contributed by atoms with Crippen LogP contribution in [-0.2, 0) is 9.59 Å². The van der Waals surface area contributed by atoms with Crippen LogP contribution in [0.5, 0.6) is 0 Å². The van der Waals surface area contributed by atoms with Crippen molar-refractivity contribution in [2.45, 2.75) is 12.5 Å². The Hall–Kier alpha value is -2.08. The maximum atomic E-state index is 12.9. The van der Waals surface area contributed by atoms with Gasteiger partial charge in [0.25, 0.3) is 5.91 Å². The van der Waals surface area contributed by atoms with Crippen LogP contribution < -0.4 is 14.7 Å². The molecule has 2 aromatic rings. The molecule has 4 rings (SSSR count). The number of anilines is 2. The Bertz CT molecular complexity index is 847. The first-order chi connectivity index (χ1) is 13.0. The molecule has 0 aromatic heterocycles. The number of nitrogens with zero attached hydrogens (tertiary/aromatic N) is 2. The first kappa shape index (κ1) is 18.3. The fourth-order valence-corrected chi connectivity index (χ4v) is 4.12. The van der Waals surface area contributed by atoms with Crippen LogP contribution in [0.15, 0.2) is 48.5 Å². The third-order valence-corrected chi connectivity index (χ3v) is 5.83. The quantitative estimate of drug-likeness (QED) is 0.796. The molecule has 140 valence electrons. The van der Waals surface area contributed by atoms with Gasteiger partial charge in [-0.2, -0.15) is 0 Å². The van der Waals surface area contributed by atoms with Crippen molar-refractivity contribution in [2.75, 3.05) is 36.0 Å². The van der Waals surface area contributed by atoms with E-state index in [1.165, 1.54) is 9.80 Å². The number of halogens is 2. The number of carbonyl (C=O) groups is 2. The number of benzene rings is 2. The summed E-state index contributed by atoms with van der Waals surface area (Å²) in [6.07, 6.45) is 0.262. The van der Waals surface area contributed by atoms with Crippen molar-refractivity contribution in [3.05, 3.63) is 58.6 Å². The van der Waals surface area contributed by atoms with Crippen LogP contribution in [0.2, 0.25) is 10.0 Å². The van der Waals surface area contributed by atoms with E-state index in [1.54, 1.807) is 24.3 Å². The number of amides is 2. The van der Waals surface area contributed by atoms with E-state index in [0.717, 1.165) is 36.9 Å². The highest BCUT2D eigenvalue weighted by Crippen LogP contribution is 2.24. The van der Waals surface area contributed by atoms with E-state index in [2.05, 4.69) is 4.90 Å². The van der Waals surface area contributed by atoms with Crippen LogP contribution in [0.1, 0.15) is 6.42 Å². The maximum Gasteiger partial charge on any atom is 0.292 e. The molecule has 2 amide bonds. The van der Waals surface area contributed by atoms with Gasteiger partial charge in [0.2, 0.25) is 5.91 Å². The molecule has 0 radical (unpaired) electrons. The average molecular weight is 405 g/mol. The molecule has 0 spiro atoms. The SMILES string of the molecule is O=C1C[C@@H]([NH+]2CCN(c3ccc(Cl)cc3)CC2)C(=O)N1c1ccc(Cl)cc1. The molecule has 2 heterocycles. The molecule has 5 nitrogen and oxygen atoms in total. The van der Waals surface area contributed by atoms with Gasteiger partial charge in [0.05, 0.1) is 38.3 Å². The molecular weight excluding hydrogens is 385 g/mol. The van der Waals surface area contributed by atoms with Gasteiger partial charge in [-0.15, -0.1) is 0 Å². The predicted molar refractivity (Wildman–Crippen MR) is 107 cm³/mol. The van der Waals surface area contributed by atoms with Gasteiger partial charge >= 0.3 is 0 Å². The van der Waals surface area contributed by atoms with Gasteiger partial charge in [-0.1, -0.05) is 23.2 Å². The first-order valence-electron chi connectivity index (χ1n) is 9.00.